The van der Waals surface area contributed by atoms with Gasteiger partial charge in [-0.2, -0.15) is 4.98 Å². The Hall–Kier alpha value is -3.53. The van der Waals surface area contributed by atoms with Gasteiger partial charge in [-0.3, -0.25) is 4.90 Å². The molecule has 9 heteroatoms. The van der Waals surface area contributed by atoms with Crippen LogP contribution in [0.5, 0.6) is 0 Å². The van der Waals surface area contributed by atoms with E-state index in [9.17, 15) is 5.11 Å². The van der Waals surface area contributed by atoms with Crippen LogP contribution in [0.3, 0.4) is 0 Å². The van der Waals surface area contributed by atoms with E-state index < -0.39 is 0 Å². The zero-order valence-corrected chi connectivity index (χ0v) is 22.7. The summed E-state index contributed by atoms with van der Waals surface area (Å²) in [6, 6.07) is 15.9. The fraction of sp³-hybridized carbons (Fsp3) is 0.414. The summed E-state index contributed by atoms with van der Waals surface area (Å²) >= 11 is 0. The average molecular weight is 516 g/mol. The highest BCUT2D eigenvalue weighted by Gasteiger charge is 2.22. The molecule has 0 unspecified atom stereocenters. The average Bonchev–Trinajstić information content (AvgIpc) is 3.28. The summed E-state index contributed by atoms with van der Waals surface area (Å²) in [6.45, 7) is 9.63. The number of nitrogens with zero attached hydrogens (tertiary/aromatic N) is 6. The van der Waals surface area contributed by atoms with Crippen molar-refractivity contribution in [2.24, 2.45) is 0 Å². The lowest BCUT2D eigenvalue weighted by atomic mass is 10.0. The van der Waals surface area contributed by atoms with Crippen LogP contribution in [0, 0.1) is 13.8 Å². The summed E-state index contributed by atoms with van der Waals surface area (Å²) in [5.74, 6) is 2.19. The fourth-order valence-electron chi connectivity index (χ4n) is 5.02. The second kappa shape index (κ2) is 11.5. The number of aliphatic hydroxyl groups excluding tert-OH is 1. The molecule has 9 nitrogen and oxygen atoms in total. The molecule has 1 atom stereocenters. The van der Waals surface area contributed by atoms with E-state index in [1.54, 1.807) is 0 Å². The molecule has 0 saturated carbocycles. The number of nitrogens with one attached hydrogen (secondary N) is 1. The first-order valence-corrected chi connectivity index (χ1v) is 13.2. The molecule has 1 fully saturated rings. The van der Waals surface area contributed by atoms with Crippen molar-refractivity contribution >= 4 is 22.7 Å². The highest BCUT2D eigenvalue weighted by atomic mass is 16.5. The number of benzene rings is 2. The highest BCUT2D eigenvalue weighted by Crippen LogP contribution is 2.33. The second-order valence-electron chi connectivity index (χ2n) is 10.2. The molecule has 0 amide bonds. The lowest BCUT2D eigenvalue weighted by molar-refractivity contribution is 0.229. The second-order valence-corrected chi connectivity index (χ2v) is 10.2. The van der Waals surface area contributed by atoms with Crippen molar-refractivity contribution in [3.8, 4) is 11.1 Å². The van der Waals surface area contributed by atoms with E-state index in [-0.39, 0.29) is 12.6 Å². The van der Waals surface area contributed by atoms with Crippen LogP contribution in [-0.2, 0) is 0 Å². The maximum atomic E-state index is 10.3. The third-order valence-corrected chi connectivity index (χ3v) is 7.22. The van der Waals surface area contributed by atoms with E-state index in [0.29, 0.717) is 11.8 Å². The lowest BCUT2D eigenvalue weighted by Crippen LogP contribution is -2.48. The molecule has 0 aliphatic carbocycles. The lowest BCUT2D eigenvalue weighted by Gasteiger charge is -2.35. The Kier molecular flexibility index (Phi) is 7.87. The predicted molar refractivity (Wildman–Crippen MR) is 152 cm³/mol. The van der Waals surface area contributed by atoms with Crippen LogP contribution < -0.4 is 10.2 Å². The molecular formula is C29H37N7O2. The van der Waals surface area contributed by atoms with E-state index >= 15 is 0 Å². The van der Waals surface area contributed by atoms with Crippen LogP contribution in [-0.4, -0.2) is 90.0 Å². The van der Waals surface area contributed by atoms with Gasteiger partial charge in [0.25, 0.3) is 0 Å². The fourth-order valence-corrected chi connectivity index (χ4v) is 5.02. The first-order chi connectivity index (χ1) is 18.4. The number of fused-ring (bicyclic) bond motifs is 1. The molecule has 0 radical (unpaired) electrons. The molecule has 1 saturated heterocycles. The Labute approximate surface area is 224 Å². The molecule has 0 spiro atoms. The minimum Gasteiger partial charge on any atom is -0.394 e. The SMILES string of the molecule is Cc1noc(C)c1-c1ccc2nc(N3CCN(CCN(C)C)CC3)nc(N[C@@H](CO)c3ccccc3)c2c1. The monoisotopic (exact) mass is 515 g/mol. The van der Waals surface area contributed by atoms with E-state index in [2.05, 4.69) is 51.4 Å². The van der Waals surface area contributed by atoms with Gasteiger partial charge in [0.15, 0.2) is 0 Å². The van der Waals surface area contributed by atoms with Crippen LogP contribution in [0.4, 0.5) is 11.8 Å². The summed E-state index contributed by atoms with van der Waals surface area (Å²) < 4.78 is 5.43. The minimum absolute atomic E-state index is 0.0566. The van der Waals surface area contributed by atoms with Gasteiger partial charge in [-0.1, -0.05) is 41.6 Å². The molecule has 1 aliphatic rings. The van der Waals surface area contributed by atoms with E-state index in [1.165, 1.54) is 0 Å². The molecular weight excluding hydrogens is 478 g/mol. The van der Waals surface area contributed by atoms with Gasteiger partial charge in [0.2, 0.25) is 5.95 Å². The Morgan fingerprint density at radius 2 is 1.79 bits per heavy atom. The van der Waals surface area contributed by atoms with Gasteiger partial charge in [-0.05, 0) is 51.2 Å². The third kappa shape index (κ3) is 5.65. The van der Waals surface area contributed by atoms with Crippen molar-refractivity contribution in [1.82, 2.24) is 24.9 Å². The van der Waals surface area contributed by atoms with Gasteiger partial charge in [-0.25, -0.2) is 4.98 Å². The largest absolute Gasteiger partial charge is 0.394 e. The van der Waals surface area contributed by atoms with Gasteiger partial charge < -0.3 is 24.7 Å². The summed E-state index contributed by atoms with van der Waals surface area (Å²) in [7, 11) is 4.22. The van der Waals surface area contributed by atoms with E-state index in [1.807, 2.05) is 50.2 Å². The number of likely N-dealkylation sites (N-methyl/N-ethyl adjacent to an activating group) is 1. The quantitative estimate of drug-likeness (QED) is 0.346. The number of aryl methyl sites for hydroxylation is 2. The van der Waals surface area contributed by atoms with Gasteiger partial charge in [0.05, 0.1) is 23.9 Å². The summed E-state index contributed by atoms with van der Waals surface area (Å²) in [5.41, 5.74) is 4.69. The van der Waals surface area contributed by atoms with Crippen LogP contribution in [0.1, 0.15) is 23.1 Å². The third-order valence-electron chi connectivity index (χ3n) is 7.22. The number of rotatable bonds is 9. The maximum Gasteiger partial charge on any atom is 0.227 e. The maximum absolute atomic E-state index is 10.3. The molecule has 2 aromatic carbocycles. The van der Waals surface area contributed by atoms with Crippen molar-refractivity contribution in [2.75, 3.05) is 70.2 Å². The van der Waals surface area contributed by atoms with Crippen molar-refractivity contribution in [1.29, 1.82) is 0 Å². The normalized spacial score (nSPS) is 15.4. The van der Waals surface area contributed by atoms with Crippen LogP contribution in [0.2, 0.25) is 0 Å². The number of aliphatic hydroxyl groups is 1. The zero-order chi connectivity index (χ0) is 26.6. The summed E-state index contributed by atoms with van der Waals surface area (Å²) in [4.78, 5) is 17.0. The zero-order valence-electron chi connectivity index (χ0n) is 22.7. The Balaban J connectivity index is 1.50. The Morgan fingerprint density at radius 1 is 1.03 bits per heavy atom. The van der Waals surface area contributed by atoms with Crippen LogP contribution in [0.15, 0.2) is 53.1 Å². The first-order valence-electron chi connectivity index (χ1n) is 13.2. The molecule has 200 valence electrons. The number of piperazine rings is 1. The Morgan fingerprint density at radius 3 is 2.45 bits per heavy atom. The summed E-state index contributed by atoms with van der Waals surface area (Å²) in [5, 5.41) is 18.8. The standard InChI is InChI=1S/C29H37N7O2/c1-20-27(21(2)38-33-20)23-10-11-25-24(18-23)28(30-26(19-37)22-8-6-5-7-9-22)32-29(31-25)36-16-14-35(15-17-36)13-12-34(3)4/h5-11,18,26,37H,12-17,19H2,1-4H3,(H,30,31,32)/t26-/m0/s1. The number of hydrogen-bond acceptors (Lipinski definition) is 9. The van der Waals surface area contributed by atoms with Gasteiger partial charge >= 0.3 is 0 Å². The smallest absolute Gasteiger partial charge is 0.227 e. The molecule has 5 rings (SSSR count). The minimum atomic E-state index is -0.298. The van der Waals surface area contributed by atoms with Gasteiger partial charge in [-0.15, -0.1) is 0 Å². The molecule has 3 heterocycles. The van der Waals surface area contributed by atoms with Crippen molar-refractivity contribution < 1.29 is 9.63 Å². The first kappa shape index (κ1) is 26.1. The summed E-state index contributed by atoms with van der Waals surface area (Å²) in [6.07, 6.45) is 0. The van der Waals surface area contributed by atoms with Gasteiger partial charge in [0.1, 0.15) is 11.6 Å². The van der Waals surface area contributed by atoms with E-state index in [0.717, 1.165) is 78.3 Å². The molecule has 2 N–H and O–H groups in total. The number of hydrogen-bond donors (Lipinski definition) is 2. The molecule has 1 aliphatic heterocycles. The number of aromatic nitrogens is 3. The molecule has 38 heavy (non-hydrogen) atoms. The number of anilines is 2. The Bertz CT molecular complexity index is 1340. The van der Waals surface area contributed by atoms with E-state index in [4.69, 9.17) is 14.5 Å². The van der Waals surface area contributed by atoms with Crippen molar-refractivity contribution in [2.45, 2.75) is 19.9 Å². The topological polar surface area (TPSA) is 93.8 Å². The van der Waals surface area contributed by atoms with Crippen molar-refractivity contribution in [3.05, 3.63) is 65.5 Å². The van der Waals surface area contributed by atoms with Gasteiger partial charge in [0, 0.05) is 50.2 Å². The van der Waals surface area contributed by atoms with Crippen LogP contribution in [0.25, 0.3) is 22.0 Å². The predicted octanol–water partition coefficient (Wildman–Crippen LogP) is 3.73. The molecule has 2 aromatic heterocycles. The highest BCUT2D eigenvalue weighted by molar-refractivity contribution is 5.94. The van der Waals surface area contributed by atoms with Crippen LogP contribution >= 0.6 is 0 Å². The molecule has 4 aromatic rings. The van der Waals surface area contributed by atoms with Crippen molar-refractivity contribution in [3.63, 3.8) is 0 Å². The molecule has 0 bridgehead atoms.